The van der Waals surface area contributed by atoms with E-state index >= 15 is 0 Å². The monoisotopic (exact) mass is 496 g/mol. The molecule has 0 unspecified atom stereocenters. The van der Waals surface area contributed by atoms with Gasteiger partial charge in [0.1, 0.15) is 17.8 Å². The summed E-state index contributed by atoms with van der Waals surface area (Å²) in [7, 11) is 1.53. The number of likely N-dealkylation sites (N-methyl/N-ethyl adjacent to an activating group) is 1. The molecule has 3 aromatic rings. The van der Waals surface area contributed by atoms with Gasteiger partial charge in [-0.05, 0) is 29.0 Å². The van der Waals surface area contributed by atoms with Gasteiger partial charge in [-0.15, -0.1) is 16.4 Å². The van der Waals surface area contributed by atoms with Gasteiger partial charge in [-0.25, -0.2) is 4.68 Å². The van der Waals surface area contributed by atoms with Crippen LogP contribution in [-0.4, -0.2) is 62.6 Å². The Kier molecular flexibility index (Phi) is 7.23. The number of aliphatic hydroxyl groups is 1. The maximum absolute atomic E-state index is 13.7. The van der Waals surface area contributed by atoms with Crippen molar-refractivity contribution in [2.45, 2.75) is 51.9 Å². The summed E-state index contributed by atoms with van der Waals surface area (Å²) < 4.78 is 1.58. The Morgan fingerprint density at radius 1 is 1.26 bits per heavy atom. The summed E-state index contributed by atoms with van der Waals surface area (Å²) in [5.41, 5.74) is 1.99. The highest BCUT2D eigenvalue weighted by molar-refractivity contribution is 7.09. The normalized spacial score (nSPS) is 18.9. The zero-order chi connectivity index (χ0) is 25.2. The molecule has 35 heavy (non-hydrogen) atoms. The molecule has 10 heteroatoms. The number of amides is 2. The van der Waals surface area contributed by atoms with Crippen molar-refractivity contribution in [3.05, 3.63) is 52.9 Å². The fraction of sp³-hybridized carbons (Fsp3) is 0.440. The summed E-state index contributed by atoms with van der Waals surface area (Å²) in [6, 6.07) is 10.6. The van der Waals surface area contributed by atoms with Gasteiger partial charge in [0.2, 0.25) is 11.8 Å². The molecular formula is C25H32N6O3S. The van der Waals surface area contributed by atoms with Crippen LogP contribution in [0, 0.1) is 5.41 Å². The minimum atomic E-state index is -0.738. The van der Waals surface area contributed by atoms with Crippen LogP contribution in [0.2, 0.25) is 0 Å². The van der Waals surface area contributed by atoms with Gasteiger partial charge >= 0.3 is 0 Å². The number of rotatable bonds is 7. The van der Waals surface area contributed by atoms with Crippen molar-refractivity contribution in [2.24, 2.45) is 5.41 Å². The Bertz CT molecular complexity index is 1170. The van der Waals surface area contributed by atoms with Crippen LogP contribution in [0.25, 0.3) is 11.3 Å². The number of benzene rings is 1. The zero-order valence-electron chi connectivity index (χ0n) is 20.4. The van der Waals surface area contributed by atoms with Crippen LogP contribution in [0.5, 0.6) is 0 Å². The fourth-order valence-corrected chi connectivity index (χ4v) is 5.08. The van der Waals surface area contributed by atoms with Crippen molar-refractivity contribution in [3.8, 4) is 11.3 Å². The van der Waals surface area contributed by atoms with Gasteiger partial charge in [0, 0.05) is 42.7 Å². The van der Waals surface area contributed by atoms with Crippen LogP contribution in [0.15, 0.2) is 48.0 Å². The van der Waals surface area contributed by atoms with E-state index < -0.39 is 23.6 Å². The number of hydrogen-bond donors (Lipinski definition) is 3. The summed E-state index contributed by atoms with van der Waals surface area (Å²) in [5.74, 6) is -0.542. The lowest BCUT2D eigenvalue weighted by Gasteiger charge is -2.34. The van der Waals surface area contributed by atoms with Gasteiger partial charge in [0.05, 0.1) is 12.3 Å². The number of carbonyl (C=O) groups excluding carboxylic acids is 2. The lowest BCUT2D eigenvalue weighted by atomic mass is 9.85. The third-order valence-electron chi connectivity index (χ3n) is 6.15. The zero-order valence-corrected chi connectivity index (χ0v) is 21.2. The van der Waals surface area contributed by atoms with E-state index in [1.54, 1.807) is 22.2 Å². The van der Waals surface area contributed by atoms with Crippen LogP contribution in [0.3, 0.4) is 0 Å². The summed E-state index contributed by atoms with van der Waals surface area (Å²) in [6.45, 7) is 6.71. The summed E-state index contributed by atoms with van der Waals surface area (Å²) in [6.07, 6.45) is 1.25. The number of β-amino-alcohol motifs (C(OH)–C–C–N with tert-alkyl or cyclic N) is 1. The van der Waals surface area contributed by atoms with Crippen molar-refractivity contribution in [1.82, 2.24) is 25.2 Å². The van der Waals surface area contributed by atoms with Gasteiger partial charge in [0.25, 0.3) is 0 Å². The molecule has 0 bridgehead atoms. The summed E-state index contributed by atoms with van der Waals surface area (Å²) in [5, 5.41) is 26.9. The Morgan fingerprint density at radius 3 is 2.74 bits per heavy atom. The molecule has 1 fully saturated rings. The molecule has 1 aromatic carbocycles. The van der Waals surface area contributed by atoms with E-state index in [4.69, 9.17) is 0 Å². The first-order valence-corrected chi connectivity index (χ1v) is 12.5. The number of carbonyl (C=O) groups is 2. The molecule has 2 aromatic heterocycles. The molecular weight excluding hydrogens is 464 g/mol. The number of aromatic nitrogens is 3. The third kappa shape index (κ3) is 5.54. The first-order valence-electron chi connectivity index (χ1n) is 11.7. The summed E-state index contributed by atoms with van der Waals surface area (Å²) in [4.78, 5) is 28.8. The number of hydrogen-bond acceptors (Lipinski definition) is 7. The molecule has 1 saturated heterocycles. The van der Waals surface area contributed by atoms with Crippen LogP contribution < -0.4 is 10.6 Å². The number of likely N-dealkylation sites (tertiary alicyclic amines) is 1. The van der Waals surface area contributed by atoms with Crippen molar-refractivity contribution in [3.63, 3.8) is 0 Å². The second-order valence-electron chi connectivity index (χ2n) is 9.88. The van der Waals surface area contributed by atoms with Crippen LogP contribution >= 0.6 is 11.3 Å². The Labute approximate surface area is 209 Å². The molecule has 0 aliphatic carbocycles. The van der Waals surface area contributed by atoms with Gasteiger partial charge in [-0.3, -0.25) is 9.59 Å². The van der Waals surface area contributed by atoms with Gasteiger partial charge in [0.15, 0.2) is 0 Å². The third-order valence-corrected chi connectivity index (χ3v) is 7.02. The highest BCUT2D eigenvalue weighted by Gasteiger charge is 2.45. The number of thiophene rings is 1. The molecule has 3 N–H and O–H groups in total. The van der Waals surface area contributed by atoms with E-state index in [9.17, 15) is 14.7 Å². The minimum absolute atomic E-state index is 0.114. The number of aliphatic hydroxyl groups excluding tert-OH is 1. The molecule has 2 amide bonds. The standard InChI is InChI=1S/C25H32N6O3S/c1-25(2,3)22(24(34)30-14-18(32)12-21(30)23(33)26-4)31-15-20(28-29-31)16-7-5-8-17(11-16)27-13-19-9-6-10-35-19/h5-11,15,18,21-22,27,32H,12-14H2,1-4H3,(H,26,33)/t18-,21+,22-/m1/s1. The number of anilines is 1. The van der Waals surface area contributed by atoms with Crippen molar-refractivity contribution < 1.29 is 14.7 Å². The average Bonchev–Trinajstić information content (AvgIpc) is 3.58. The van der Waals surface area contributed by atoms with Crippen LogP contribution in [0.1, 0.15) is 38.1 Å². The first-order chi connectivity index (χ1) is 16.7. The molecule has 1 aliphatic rings. The molecule has 3 heterocycles. The van der Waals surface area contributed by atoms with Crippen molar-refractivity contribution in [2.75, 3.05) is 18.9 Å². The quantitative estimate of drug-likeness (QED) is 0.464. The van der Waals surface area contributed by atoms with Gasteiger partial charge in [-0.2, -0.15) is 0 Å². The van der Waals surface area contributed by atoms with Gasteiger partial charge < -0.3 is 20.6 Å². The highest BCUT2D eigenvalue weighted by Crippen LogP contribution is 2.35. The second-order valence-corrected chi connectivity index (χ2v) is 10.9. The number of nitrogens with one attached hydrogen (secondary N) is 2. The van der Waals surface area contributed by atoms with Crippen molar-refractivity contribution in [1.29, 1.82) is 0 Å². The van der Waals surface area contributed by atoms with E-state index in [1.165, 1.54) is 16.8 Å². The van der Waals surface area contributed by atoms with E-state index in [0.717, 1.165) is 17.8 Å². The average molecular weight is 497 g/mol. The lowest BCUT2D eigenvalue weighted by Crippen LogP contribution is -2.49. The van der Waals surface area contributed by atoms with Crippen LogP contribution in [-0.2, 0) is 16.1 Å². The minimum Gasteiger partial charge on any atom is -0.391 e. The first kappa shape index (κ1) is 24.9. The molecule has 186 valence electrons. The molecule has 3 atom stereocenters. The lowest BCUT2D eigenvalue weighted by molar-refractivity contribution is -0.144. The predicted molar refractivity (Wildman–Crippen MR) is 136 cm³/mol. The fourth-order valence-electron chi connectivity index (χ4n) is 4.44. The van der Waals surface area contributed by atoms with E-state index in [0.29, 0.717) is 5.69 Å². The van der Waals surface area contributed by atoms with E-state index in [2.05, 4.69) is 32.4 Å². The SMILES string of the molecule is CNC(=O)[C@@H]1C[C@@H](O)CN1C(=O)[C@@H](n1cc(-c2cccc(NCc3cccs3)c2)nn1)C(C)(C)C. The maximum Gasteiger partial charge on any atom is 0.248 e. The van der Waals surface area contributed by atoms with E-state index in [1.807, 2.05) is 51.1 Å². The summed E-state index contributed by atoms with van der Waals surface area (Å²) >= 11 is 1.70. The Morgan fingerprint density at radius 2 is 2.06 bits per heavy atom. The number of nitrogens with zero attached hydrogens (tertiary/aromatic N) is 4. The predicted octanol–water partition coefficient (Wildman–Crippen LogP) is 2.91. The Balaban J connectivity index is 1.57. The molecule has 0 radical (unpaired) electrons. The molecule has 9 nitrogen and oxygen atoms in total. The second kappa shape index (κ2) is 10.2. The maximum atomic E-state index is 13.7. The molecule has 0 spiro atoms. The topological polar surface area (TPSA) is 112 Å². The highest BCUT2D eigenvalue weighted by atomic mass is 32.1. The molecule has 1 aliphatic heterocycles. The molecule has 4 rings (SSSR count). The van der Waals surface area contributed by atoms with Gasteiger partial charge in [-0.1, -0.05) is 44.2 Å². The molecule has 0 saturated carbocycles. The van der Waals surface area contributed by atoms with E-state index in [-0.39, 0.29) is 24.8 Å². The Hall–Kier alpha value is -3.24. The smallest absolute Gasteiger partial charge is 0.248 e. The van der Waals surface area contributed by atoms with Crippen molar-refractivity contribution >= 4 is 28.8 Å². The van der Waals surface area contributed by atoms with Crippen LogP contribution in [0.4, 0.5) is 5.69 Å². The largest absolute Gasteiger partial charge is 0.391 e.